The first kappa shape index (κ1) is 16.0. The third-order valence-corrected chi connectivity index (χ3v) is 6.07. The van der Waals surface area contributed by atoms with E-state index in [1.54, 1.807) is 0 Å². The fourth-order valence-electron chi connectivity index (χ4n) is 2.84. The second-order valence-electron chi connectivity index (χ2n) is 5.67. The van der Waals surface area contributed by atoms with Crippen LogP contribution in [0, 0.1) is 5.41 Å². The van der Waals surface area contributed by atoms with Crippen LogP contribution in [0.15, 0.2) is 30.3 Å². The summed E-state index contributed by atoms with van der Waals surface area (Å²) >= 11 is 0. The fraction of sp³-hybridized carbons (Fsp3) is 0.533. The number of benzene rings is 1. The average Bonchev–Trinajstić information content (AvgIpc) is 2.47. The van der Waals surface area contributed by atoms with Gasteiger partial charge in [-0.15, -0.1) is 0 Å². The highest BCUT2D eigenvalue weighted by Crippen LogP contribution is 2.24. The summed E-state index contributed by atoms with van der Waals surface area (Å²) in [5.74, 6) is -0.0720. The zero-order valence-electron chi connectivity index (χ0n) is 12.3. The van der Waals surface area contributed by atoms with Crippen molar-refractivity contribution in [2.45, 2.75) is 38.1 Å². The van der Waals surface area contributed by atoms with Crippen LogP contribution in [0.2, 0.25) is 0 Å². The van der Waals surface area contributed by atoms with Crippen LogP contribution >= 0.6 is 0 Å². The minimum absolute atomic E-state index is 0.0503. The Morgan fingerprint density at radius 2 is 2.05 bits per heavy atom. The number of hydrogen-bond acceptors (Lipinski definition) is 3. The minimum Gasteiger partial charge on any atom is -0.386 e. The van der Waals surface area contributed by atoms with E-state index in [1.165, 1.54) is 4.31 Å². The Hall–Kier alpha value is -1.40. The normalized spacial score (nSPS) is 21.9. The maximum absolute atomic E-state index is 12.7. The van der Waals surface area contributed by atoms with Crippen molar-refractivity contribution in [1.29, 1.82) is 5.41 Å². The second kappa shape index (κ2) is 6.58. The first-order valence-corrected chi connectivity index (χ1v) is 8.91. The smallest absolute Gasteiger partial charge is 0.215 e. The molecule has 1 aliphatic rings. The number of sulfonamides is 1. The lowest BCUT2D eigenvalue weighted by atomic mass is 10.0. The van der Waals surface area contributed by atoms with Gasteiger partial charge in [0.15, 0.2) is 0 Å². The molecule has 0 spiro atoms. The Morgan fingerprint density at radius 3 is 2.67 bits per heavy atom. The second-order valence-corrected chi connectivity index (χ2v) is 7.63. The van der Waals surface area contributed by atoms with Gasteiger partial charge in [0.1, 0.15) is 5.84 Å². The van der Waals surface area contributed by atoms with Crippen molar-refractivity contribution in [1.82, 2.24) is 4.31 Å². The van der Waals surface area contributed by atoms with Gasteiger partial charge in [0.05, 0.1) is 11.8 Å². The highest BCUT2D eigenvalue weighted by atomic mass is 32.2. The van der Waals surface area contributed by atoms with E-state index in [-0.39, 0.29) is 17.5 Å². The predicted molar refractivity (Wildman–Crippen MR) is 84.9 cm³/mol. The minimum atomic E-state index is -3.41. The Bertz CT molecular complexity index is 586. The Balaban J connectivity index is 2.15. The molecule has 2 unspecified atom stereocenters. The van der Waals surface area contributed by atoms with Crippen LogP contribution < -0.4 is 5.73 Å². The molecule has 2 rings (SSSR count). The van der Waals surface area contributed by atoms with Gasteiger partial charge in [-0.2, -0.15) is 4.31 Å². The molecule has 1 saturated heterocycles. The van der Waals surface area contributed by atoms with Gasteiger partial charge in [-0.1, -0.05) is 43.7 Å². The quantitative estimate of drug-likeness (QED) is 0.643. The van der Waals surface area contributed by atoms with Gasteiger partial charge < -0.3 is 5.73 Å². The third kappa shape index (κ3) is 3.83. The number of nitrogens with zero attached hydrogens (tertiary/aromatic N) is 1. The van der Waals surface area contributed by atoms with Crippen LogP contribution in [0.3, 0.4) is 0 Å². The number of hydrogen-bond donors (Lipinski definition) is 2. The number of rotatable bonds is 5. The molecule has 116 valence electrons. The zero-order valence-corrected chi connectivity index (χ0v) is 13.1. The lowest BCUT2D eigenvalue weighted by Crippen LogP contribution is -2.51. The van der Waals surface area contributed by atoms with Crippen LogP contribution in [-0.4, -0.2) is 36.9 Å². The van der Waals surface area contributed by atoms with Crippen LogP contribution in [0.4, 0.5) is 0 Å². The van der Waals surface area contributed by atoms with Crippen molar-refractivity contribution in [3.63, 3.8) is 0 Å². The molecule has 1 aliphatic heterocycles. The number of amidine groups is 1. The summed E-state index contributed by atoms with van der Waals surface area (Å²) in [4.78, 5) is 0. The van der Waals surface area contributed by atoms with E-state index < -0.39 is 16.1 Å². The van der Waals surface area contributed by atoms with Gasteiger partial charge in [0, 0.05) is 6.54 Å². The molecule has 0 bridgehead atoms. The molecule has 6 heteroatoms. The first-order chi connectivity index (χ1) is 9.92. The first-order valence-electron chi connectivity index (χ1n) is 7.30. The van der Waals surface area contributed by atoms with E-state index in [4.69, 9.17) is 11.1 Å². The van der Waals surface area contributed by atoms with Crippen LogP contribution in [-0.2, 0) is 10.0 Å². The molecule has 0 radical (unpaired) electrons. The largest absolute Gasteiger partial charge is 0.386 e. The monoisotopic (exact) mass is 309 g/mol. The Labute approximate surface area is 126 Å². The van der Waals surface area contributed by atoms with Crippen molar-refractivity contribution in [3.8, 4) is 0 Å². The molecule has 2 atom stereocenters. The van der Waals surface area contributed by atoms with Crippen molar-refractivity contribution in [3.05, 3.63) is 35.9 Å². The van der Waals surface area contributed by atoms with Gasteiger partial charge in [-0.25, -0.2) is 8.42 Å². The summed E-state index contributed by atoms with van der Waals surface area (Å²) in [6.07, 6.45) is 2.40. The molecule has 1 fully saturated rings. The SMILES string of the molecule is CC(CS(=O)(=O)N1CCCCC1C(=N)N)c1ccccc1. The predicted octanol–water partition coefficient (Wildman–Crippen LogP) is 1.91. The number of nitrogens with one attached hydrogen (secondary N) is 1. The zero-order chi connectivity index (χ0) is 15.5. The maximum Gasteiger partial charge on any atom is 0.215 e. The number of nitrogens with two attached hydrogens (primary N) is 1. The molecule has 0 saturated carbocycles. The summed E-state index contributed by atoms with van der Waals surface area (Å²) in [7, 11) is -3.41. The van der Waals surface area contributed by atoms with E-state index in [2.05, 4.69) is 0 Å². The average molecular weight is 309 g/mol. The molecule has 0 aromatic heterocycles. The molecular formula is C15H23N3O2S. The molecule has 3 N–H and O–H groups in total. The van der Waals surface area contributed by atoms with E-state index in [9.17, 15) is 8.42 Å². The van der Waals surface area contributed by atoms with E-state index in [0.717, 1.165) is 18.4 Å². The summed E-state index contributed by atoms with van der Waals surface area (Å²) in [6.45, 7) is 2.38. The highest BCUT2D eigenvalue weighted by molar-refractivity contribution is 7.89. The molecular weight excluding hydrogens is 286 g/mol. The maximum atomic E-state index is 12.7. The van der Waals surface area contributed by atoms with E-state index in [0.29, 0.717) is 13.0 Å². The molecule has 1 heterocycles. The van der Waals surface area contributed by atoms with Crippen molar-refractivity contribution < 1.29 is 8.42 Å². The summed E-state index contributed by atoms with van der Waals surface area (Å²) < 4.78 is 26.7. The van der Waals surface area contributed by atoms with Crippen molar-refractivity contribution in [2.24, 2.45) is 5.73 Å². The van der Waals surface area contributed by atoms with Gasteiger partial charge in [0.25, 0.3) is 0 Å². The van der Waals surface area contributed by atoms with Gasteiger partial charge >= 0.3 is 0 Å². The lowest BCUT2D eigenvalue weighted by Gasteiger charge is -2.34. The fourth-order valence-corrected chi connectivity index (χ4v) is 4.87. The van der Waals surface area contributed by atoms with Crippen LogP contribution in [0.5, 0.6) is 0 Å². The van der Waals surface area contributed by atoms with Gasteiger partial charge in [-0.3, -0.25) is 5.41 Å². The standard InChI is InChI=1S/C15H23N3O2S/c1-12(13-7-3-2-4-8-13)11-21(19,20)18-10-6-5-9-14(18)15(16)17/h2-4,7-8,12,14H,5-6,9-11H2,1H3,(H3,16,17). The summed E-state index contributed by atoms with van der Waals surface area (Å²) in [5, 5.41) is 7.62. The third-order valence-electron chi connectivity index (χ3n) is 4.00. The van der Waals surface area contributed by atoms with E-state index >= 15 is 0 Å². The van der Waals surface area contributed by atoms with Crippen molar-refractivity contribution in [2.75, 3.05) is 12.3 Å². The Kier molecular flexibility index (Phi) is 5.00. The summed E-state index contributed by atoms with van der Waals surface area (Å²) in [5.41, 5.74) is 6.58. The summed E-state index contributed by atoms with van der Waals surface area (Å²) in [6, 6.07) is 9.17. The van der Waals surface area contributed by atoms with Gasteiger partial charge in [-0.05, 0) is 24.3 Å². The molecule has 0 aliphatic carbocycles. The van der Waals surface area contributed by atoms with E-state index in [1.807, 2.05) is 37.3 Å². The van der Waals surface area contributed by atoms with Crippen LogP contribution in [0.25, 0.3) is 0 Å². The molecule has 21 heavy (non-hydrogen) atoms. The molecule has 5 nitrogen and oxygen atoms in total. The van der Waals surface area contributed by atoms with Gasteiger partial charge in [0.2, 0.25) is 10.0 Å². The number of piperidine rings is 1. The topological polar surface area (TPSA) is 87.2 Å². The van der Waals surface area contributed by atoms with Crippen molar-refractivity contribution >= 4 is 15.9 Å². The molecule has 0 amide bonds. The highest BCUT2D eigenvalue weighted by Gasteiger charge is 2.34. The lowest BCUT2D eigenvalue weighted by molar-refractivity contribution is 0.303. The molecule has 1 aromatic carbocycles. The molecule has 1 aromatic rings. The Morgan fingerprint density at radius 1 is 1.38 bits per heavy atom. The van der Waals surface area contributed by atoms with Crippen LogP contribution in [0.1, 0.15) is 37.7 Å².